The van der Waals surface area contributed by atoms with Crippen molar-refractivity contribution in [2.45, 2.75) is 25.3 Å². The van der Waals surface area contributed by atoms with Gasteiger partial charge in [-0.15, -0.1) is 6.42 Å². The molecule has 0 aromatic carbocycles. The van der Waals surface area contributed by atoms with Crippen LogP contribution in [0.2, 0.25) is 0 Å². The molecular weight excluding hydrogens is 206 g/mol. The van der Waals surface area contributed by atoms with E-state index in [0.29, 0.717) is 25.6 Å². The van der Waals surface area contributed by atoms with Gasteiger partial charge in [0.2, 0.25) is 11.8 Å². The van der Waals surface area contributed by atoms with Crippen LogP contribution in [0.15, 0.2) is 0 Å². The van der Waals surface area contributed by atoms with Crippen molar-refractivity contribution in [3.63, 3.8) is 0 Å². The Hall–Kier alpha value is -1.54. The predicted octanol–water partition coefficient (Wildman–Crippen LogP) is -1.01. The Morgan fingerprint density at radius 3 is 2.69 bits per heavy atom. The highest BCUT2D eigenvalue weighted by Crippen LogP contribution is 2.18. The third-order valence-corrected chi connectivity index (χ3v) is 2.13. The van der Waals surface area contributed by atoms with Crippen LogP contribution < -0.4 is 16.0 Å². The molecule has 88 valence electrons. The monoisotopic (exact) mass is 223 g/mol. The van der Waals surface area contributed by atoms with E-state index in [9.17, 15) is 9.59 Å². The van der Waals surface area contributed by atoms with Crippen molar-refractivity contribution >= 4 is 11.8 Å². The van der Waals surface area contributed by atoms with Gasteiger partial charge in [-0.05, 0) is 12.8 Å². The number of terminal acetylenes is 1. The molecule has 5 nitrogen and oxygen atoms in total. The van der Waals surface area contributed by atoms with Gasteiger partial charge < -0.3 is 10.6 Å². The summed E-state index contributed by atoms with van der Waals surface area (Å²) < 4.78 is 0. The average Bonchev–Trinajstić information content (AvgIpc) is 3.02. The summed E-state index contributed by atoms with van der Waals surface area (Å²) >= 11 is 0. The molecule has 0 aromatic heterocycles. The molecule has 0 aromatic rings. The first-order valence-electron chi connectivity index (χ1n) is 5.42. The molecule has 5 heteroatoms. The van der Waals surface area contributed by atoms with Crippen LogP contribution in [0.4, 0.5) is 0 Å². The Morgan fingerprint density at radius 2 is 2.06 bits per heavy atom. The minimum Gasteiger partial charge on any atom is -0.354 e. The van der Waals surface area contributed by atoms with Gasteiger partial charge in [-0.3, -0.25) is 14.9 Å². The molecule has 0 aliphatic heterocycles. The first-order chi connectivity index (χ1) is 7.72. The largest absolute Gasteiger partial charge is 0.354 e. The molecule has 1 fully saturated rings. The molecule has 0 atom stereocenters. The van der Waals surface area contributed by atoms with Crippen molar-refractivity contribution in [3.8, 4) is 12.3 Å². The summed E-state index contributed by atoms with van der Waals surface area (Å²) in [6, 6.07) is 0.375. The van der Waals surface area contributed by atoms with Crippen LogP contribution in [0.5, 0.6) is 0 Å². The minimum atomic E-state index is -0.144. The van der Waals surface area contributed by atoms with Crippen LogP contribution in [0, 0.1) is 12.3 Å². The number of carbonyl (C=O) groups excluding carboxylic acids is 2. The highest BCUT2D eigenvalue weighted by molar-refractivity contribution is 5.80. The molecule has 0 heterocycles. The van der Waals surface area contributed by atoms with E-state index in [1.165, 1.54) is 0 Å². The molecule has 0 saturated heterocycles. The van der Waals surface area contributed by atoms with Gasteiger partial charge in [0, 0.05) is 19.0 Å². The van der Waals surface area contributed by atoms with Crippen LogP contribution >= 0.6 is 0 Å². The van der Waals surface area contributed by atoms with Gasteiger partial charge >= 0.3 is 0 Å². The maximum absolute atomic E-state index is 11.2. The van der Waals surface area contributed by atoms with Crippen LogP contribution in [0.1, 0.15) is 19.3 Å². The second kappa shape index (κ2) is 6.85. The van der Waals surface area contributed by atoms with E-state index in [2.05, 4.69) is 21.9 Å². The SMILES string of the molecule is C#CCNCC(=O)NCCC(=O)NC1CC1. The molecule has 2 amide bonds. The molecule has 1 rings (SSSR count). The van der Waals surface area contributed by atoms with E-state index >= 15 is 0 Å². The molecule has 16 heavy (non-hydrogen) atoms. The van der Waals surface area contributed by atoms with Gasteiger partial charge in [0.15, 0.2) is 0 Å². The second-order valence-electron chi connectivity index (χ2n) is 3.75. The van der Waals surface area contributed by atoms with Crippen molar-refractivity contribution < 1.29 is 9.59 Å². The Labute approximate surface area is 95.4 Å². The van der Waals surface area contributed by atoms with E-state index in [1.807, 2.05) is 0 Å². The van der Waals surface area contributed by atoms with Crippen molar-refractivity contribution in [2.75, 3.05) is 19.6 Å². The molecule has 0 bridgehead atoms. The lowest BCUT2D eigenvalue weighted by Gasteiger charge is -2.05. The summed E-state index contributed by atoms with van der Waals surface area (Å²) in [6.45, 7) is 0.930. The summed E-state index contributed by atoms with van der Waals surface area (Å²) in [7, 11) is 0. The van der Waals surface area contributed by atoms with Gasteiger partial charge in [-0.25, -0.2) is 0 Å². The zero-order valence-electron chi connectivity index (χ0n) is 9.21. The van der Waals surface area contributed by atoms with Crippen LogP contribution in [-0.4, -0.2) is 37.5 Å². The van der Waals surface area contributed by atoms with Gasteiger partial charge in [0.25, 0.3) is 0 Å². The Kier molecular flexibility index (Phi) is 5.37. The molecule has 1 aliphatic rings. The zero-order chi connectivity index (χ0) is 11.8. The van der Waals surface area contributed by atoms with Crippen molar-refractivity contribution in [2.24, 2.45) is 0 Å². The van der Waals surface area contributed by atoms with Gasteiger partial charge in [0.05, 0.1) is 13.1 Å². The molecule has 1 aliphatic carbocycles. The number of hydrogen-bond donors (Lipinski definition) is 3. The minimum absolute atomic E-state index is 0.000570. The number of amides is 2. The fourth-order valence-corrected chi connectivity index (χ4v) is 1.15. The molecule has 1 saturated carbocycles. The molecule has 0 radical (unpaired) electrons. The lowest BCUT2D eigenvalue weighted by molar-refractivity contribution is -0.122. The van der Waals surface area contributed by atoms with Gasteiger partial charge in [-0.1, -0.05) is 5.92 Å². The highest BCUT2D eigenvalue weighted by Gasteiger charge is 2.22. The number of hydrogen-bond acceptors (Lipinski definition) is 3. The fraction of sp³-hybridized carbons (Fsp3) is 0.636. The lowest BCUT2D eigenvalue weighted by Crippen LogP contribution is -2.36. The van der Waals surface area contributed by atoms with E-state index in [-0.39, 0.29) is 18.4 Å². The smallest absolute Gasteiger partial charge is 0.233 e. The van der Waals surface area contributed by atoms with Crippen molar-refractivity contribution in [1.29, 1.82) is 0 Å². The lowest BCUT2D eigenvalue weighted by atomic mass is 10.4. The quantitative estimate of drug-likeness (QED) is 0.383. The second-order valence-corrected chi connectivity index (χ2v) is 3.75. The Bertz CT molecular complexity index is 292. The van der Waals surface area contributed by atoms with E-state index < -0.39 is 0 Å². The summed E-state index contributed by atoms with van der Waals surface area (Å²) in [5, 5.41) is 8.25. The van der Waals surface area contributed by atoms with Crippen LogP contribution in [0.3, 0.4) is 0 Å². The van der Waals surface area contributed by atoms with Crippen LogP contribution in [-0.2, 0) is 9.59 Å². The predicted molar refractivity (Wildman–Crippen MR) is 60.5 cm³/mol. The highest BCUT2D eigenvalue weighted by atomic mass is 16.2. The summed E-state index contributed by atoms with van der Waals surface area (Å²) in [4.78, 5) is 22.4. The maximum Gasteiger partial charge on any atom is 0.233 e. The third-order valence-electron chi connectivity index (χ3n) is 2.13. The van der Waals surface area contributed by atoms with Crippen molar-refractivity contribution in [1.82, 2.24) is 16.0 Å². The Balaban J connectivity index is 1.94. The Morgan fingerprint density at radius 1 is 1.31 bits per heavy atom. The topological polar surface area (TPSA) is 70.2 Å². The van der Waals surface area contributed by atoms with Crippen molar-refractivity contribution in [3.05, 3.63) is 0 Å². The van der Waals surface area contributed by atoms with Crippen LogP contribution in [0.25, 0.3) is 0 Å². The summed E-state index contributed by atoms with van der Waals surface area (Å²) in [5.74, 6) is 2.23. The summed E-state index contributed by atoms with van der Waals surface area (Å²) in [6.07, 6.45) is 7.50. The first kappa shape index (κ1) is 12.5. The maximum atomic E-state index is 11.2. The molecule has 0 unspecified atom stereocenters. The molecular formula is C11H17N3O2. The van der Waals surface area contributed by atoms with E-state index in [4.69, 9.17) is 6.42 Å². The molecule has 3 N–H and O–H groups in total. The van der Waals surface area contributed by atoms with E-state index in [1.54, 1.807) is 0 Å². The first-order valence-corrected chi connectivity index (χ1v) is 5.42. The van der Waals surface area contributed by atoms with Gasteiger partial charge in [0.1, 0.15) is 0 Å². The number of nitrogens with one attached hydrogen (secondary N) is 3. The zero-order valence-corrected chi connectivity index (χ0v) is 9.21. The normalized spacial score (nSPS) is 13.9. The number of carbonyl (C=O) groups is 2. The standard InChI is InChI=1S/C11H17N3O2/c1-2-6-12-8-11(16)13-7-5-10(15)14-9-3-4-9/h1,9,12H,3-8H2,(H,13,16)(H,14,15). The van der Waals surface area contributed by atoms with E-state index in [0.717, 1.165) is 12.8 Å². The molecule has 0 spiro atoms. The van der Waals surface area contributed by atoms with Gasteiger partial charge in [-0.2, -0.15) is 0 Å². The average molecular weight is 223 g/mol. The fourth-order valence-electron chi connectivity index (χ4n) is 1.15. The summed E-state index contributed by atoms with van der Waals surface area (Å²) in [5.41, 5.74) is 0. The third kappa shape index (κ3) is 6.04. The number of rotatable bonds is 7.